The van der Waals surface area contributed by atoms with Crippen molar-refractivity contribution in [3.05, 3.63) is 72.1 Å². The molecule has 2 aromatic heterocycles. The van der Waals surface area contributed by atoms with E-state index in [4.69, 9.17) is 0 Å². The predicted molar refractivity (Wildman–Crippen MR) is 109 cm³/mol. The lowest BCUT2D eigenvalue weighted by molar-refractivity contribution is -0.141. The van der Waals surface area contributed by atoms with Gasteiger partial charge in [0.1, 0.15) is 11.5 Å². The summed E-state index contributed by atoms with van der Waals surface area (Å²) in [4.78, 5) is 45.1. The van der Waals surface area contributed by atoms with E-state index >= 15 is 0 Å². The summed E-state index contributed by atoms with van der Waals surface area (Å²) in [5.41, 5.74) is -1.87. The number of nitrogens with zero attached hydrogens (tertiary/aromatic N) is 3. The molecule has 1 unspecified atom stereocenters. The monoisotopic (exact) mass is 458 g/mol. The zero-order chi connectivity index (χ0) is 23.8. The minimum Gasteiger partial charge on any atom is -0.349 e. The number of hydrogen-bond donors (Lipinski definition) is 3. The Labute approximate surface area is 185 Å². The van der Waals surface area contributed by atoms with Crippen LogP contribution in [0.1, 0.15) is 21.9 Å². The number of urea groups is 1. The number of nitrogens with one attached hydrogen (secondary N) is 3. The van der Waals surface area contributed by atoms with Crippen LogP contribution in [0.25, 0.3) is 11.1 Å². The van der Waals surface area contributed by atoms with Crippen molar-refractivity contribution in [1.82, 2.24) is 30.5 Å². The van der Waals surface area contributed by atoms with E-state index in [0.29, 0.717) is 11.1 Å². The first-order valence-electron chi connectivity index (χ1n) is 9.64. The van der Waals surface area contributed by atoms with Gasteiger partial charge in [-0.15, -0.1) is 0 Å². The lowest BCUT2D eigenvalue weighted by Gasteiger charge is -2.26. The zero-order valence-electron chi connectivity index (χ0n) is 17.1. The van der Waals surface area contributed by atoms with Gasteiger partial charge in [-0.25, -0.2) is 9.78 Å². The van der Waals surface area contributed by atoms with Gasteiger partial charge in [0.15, 0.2) is 5.54 Å². The Hall–Kier alpha value is -4.22. The second kappa shape index (κ2) is 8.04. The average Bonchev–Trinajstić information content (AvgIpc) is 3.34. The first-order chi connectivity index (χ1) is 15.6. The number of benzene rings is 1. The number of rotatable bonds is 5. The van der Waals surface area contributed by atoms with Gasteiger partial charge in [-0.1, -0.05) is 24.3 Å². The predicted octanol–water partition coefficient (Wildman–Crippen LogP) is 1.97. The maximum Gasteiger partial charge on any atom is 0.433 e. The molecule has 1 atom stereocenters. The van der Waals surface area contributed by atoms with Gasteiger partial charge in [-0.2, -0.15) is 13.2 Å². The molecule has 4 amide bonds. The number of carbonyl (C=O) groups is 3. The van der Waals surface area contributed by atoms with Crippen molar-refractivity contribution in [2.24, 2.45) is 7.05 Å². The van der Waals surface area contributed by atoms with Crippen molar-refractivity contribution in [2.45, 2.75) is 11.7 Å². The number of alkyl halides is 3. The summed E-state index contributed by atoms with van der Waals surface area (Å²) < 4.78 is 40.0. The van der Waals surface area contributed by atoms with Crippen molar-refractivity contribution in [3.8, 4) is 11.1 Å². The average molecular weight is 458 g/mol. The van der Waals surface area contributed by atoms with Crippen LogP contribution in [0.2, 0.25) is 0 Å². The van der Waals surface area contributed by atoms with Gasteiger partial charge >= 0.3 is 12.2 Å². The first-order valence-corrected chi connectivity index (χ1v) is 9.64. The molecule has 9 nitrogen and oxygen atoms in total. The van der Waals surface area contributed by atoms with Gasteiger partial charge in [0, 0.05) is 36.8 Å². The quantitative estimate of drug-likeness (QED) is 0.506. The Balaban J connectivity index is 1.61. The number of pyridine rings is 1. The molecule has 1 aliphatic heterocycles. The summed E-state index contributed by atoms with van der Waals surface area (Å²) in [5, 5.41) is 7.29. The van der Waals surface area contributed by atoms with Crippen molar-refractivity contribution in [1.29, 1.82) is 0 Å². The second-order valence-corrected chi connectivity index (χ2v) is 7.33. The Kier molecular flexibility index (Phi) is 5.36. The molecule has 4 rings (SSSR count). The van der Waals surface area contributed by atoms with Gasteiger partial charge in [0.05, 0.1) is 6.54 Å². The van der Waals surface area contributed by atoms with Gasteiger partial charge in [-0.3, -0.25) is 19.9 Å². The minimum atomic E-state index is -4.58. The number of aryl methyl sites for hydroxylation is 1. The van der Waals surface area contributed by atoms with E-state index in [0.717, 1.165) is 12.3 Å². The molecule has 0 spiro atoms. The molecule has 0 bridgehead atoms. The molecule has 170 valence electrons. The van der Waals surface area contributed by atoms with Crippen molar-refractivity contribution in [3.63, 3.8) is 0 Å². The third-order valence-corrected chi connectivity index (χ3v) is 5.20. The van der Waals surface area contributed by atoms with Crippen LogP contribution in [0.4, 0.5) is 18.0 Å². The number of aromatic nitrogens is 3. The van der Waals surface area contributed by atoms with Crippen LogP contribution in [-0.4, -0.2) is 38.9 Å². The number of amides is 4. The normalized spacial score (nSPS) is 18.1. The van der Waals surface area contributed by atoms with Gasteiger partial charge in [0.2, 0.25) is 0 Å². The van der Waals surface area contributed by atoms with Crippen LogP contribution in [0.3, 0.4) is 0 Å². The molecule has 3 N–H and O–H groups in total. The molecule has 1 fully saturated rings. The molecule has 1 saturated heterocycles. The summed E-state index contributed by atoms with van der Waals surface area (Å²) in [6, 6.07) is 7.60. The van der Waals surface area contributed by atoms with Crippen LogP contribution in [0.5, 0.6) is 0 Å². The number of halogens is 3. The van der Waals surface area contributed by atoms with Crippen LogP contribution >= 0.6 is 0 Å². The number of imide groups is 1. The number of hydrogen-bond acceptors (Lipinski definition) is 5. The lowest BCUT2D eigenvalue weighted by Crippen LogP contribution is -2.54. The smallest absolute Gasteiger partial charge is 0.349 e. The Morgan fingerprint density at radius 3 is 2.48 bits per heavy atom. The summed E-state index contributed by atoms with van der Waals surface area (Å²) >= 11 is 0. The topological polar surface area (TPSA) is 118 Å². The van der Waals surface area contributed by atoms with Gasteiger partial charge in [0.25, 0.3) is 11.8 Å². The summed E-state index contributed by atoms with van der Waals surface area (Å²) in [6.07, 6.45) is -0.511. The van der Waals surface area contributed by atoms with E-state index in [1.807, 2.05) is 0 Å². The van der Waals surface area contributed by atoms with E-state index in [9.17, 15) is 27.6 Å². The third kappa shape index (κ3) is 4.02. The fraction of sp³-hybridized carbons (Fsp3) is 0.190. The van der Waals surface area contributed by atoms with Crippen LogP contribution < -0.4 is 16.0 Å². The van der Waals surface area contributed by atoms with Crippen molar-refractivity contribution < 1.29 is 27.6 Å². The number of carbonyl (C=O) groups excluding carboxylic acids is 3. The van der Waals surface area contributed by atoms with Crippen LogP contribution in [0.15, 0.2) is 55.0 Å². The fourth-order valence-electron chi connectivity index (χ4n) is 3.59. The molecule has 0 aliphatic carbocycles. The Bertz CT molecular complexity index is 1240. The van der Waals surface area contributed by atoms with Gasteiger partial charge in [-0.05, 0) is 17.7 Å². The lowest BCUT2D eigenvalue weighted by atomic mass is 9.97. The van der Waals surface area contributed by atoms with Crippen molar-refractivity contribution in [2.75, 3.05) is 6.54 Å². The summed E-state index contributed by atoms with van der Waals surface area (Å²) in [5.74, 6) is -1.07. The molecule has 3 heterocycles. The molecule has 1 aliphatic rings. The van der Waals surface area contributed by atoms with Gasteiger partial charge < -0.3 is 15.2 Å². The Morgan fingerprint density at radius 1 is 1.15 bits per heavy atom. The SMILES string of the molecule is Cn1ccnc1C1(CNC(=O)c2ccccc2-c2ccc(C(F)(F)F)nc2)NC(=O)NC1=O. The largest absolute Gasteiger partial charge is 0.433 e. The van der Waals surface area contributed by atoms with E-state index in [-0.39, 0.29) is 17.9 Å². The maximum atomic E-state index is 13.0. The van der Waals surface area contributed by atoms with Crippen LogP contribution in [0, 0.1) is 0 Å². The van der Waals surface area contributed by atoms with E-state index in [1.54, 1.807) is 36.0 Å². The fourth-order valence-corrected chi connectivity index (χ4v) is 3.59. The minimum absolute atomic E-state index is 0.152. The standard InChI is InChI=1S/C21H17F3N6O3/c1-30-9-8-25-17(30)20(18(32)28-19(33)29-20)11-27-16(31)14-5-3-2-4-13(14)12-6-7-15(26-10-12)21(22,23)24/h2-10H,11H2,1H3,(H,27,31)(H2,28,29,32,33). The highest BCUT2D eigenvalue weighted by Crippen LogP contribution is 2.30. The molecular weight excluding hydrogens is 441 g/mol. The second-order valence-electron chi connectivity index (χ2n) is 7.33. The molecular formula is C21H17F3N6O3. The third-order valence-electron chi connectivity index (χ3n) is 5.20. The molecule has 0 saturated carbocycles. The number of imidazole rings is 1. The zero-order valence-corrected chi connectivity index (χ0v) is 17.1. The highest BCUT2D eigenvalue weighted by atomic mass is 19.4. The van der Waals surface area contributed by atoms with E-state index in [1.165, 1.54) is 18.3 Å². The Morgan fingerprint density at radius 2 is 1.91 bits per heavy atom. The molecule has 0 radical (unpaired) electrons. The summed E-state index contributed by atoms with van der Waals surface area (Å²) in [6.45, 7) is -0.312. The maximum absolute atomic E-state index is 13.0. The van der Waals surface area contributed by atoms with E-state index in [2.05, 4.69) is 25.9 Å². The molecule has 3 aromatic rings. The highest BCUT2D eigenvalue weighted by molar-refractivity contribution is 6.08. The van der Waals surface area contributed by atoms with Crippen molar-refractivity contribution >= 4 is 17.8 Å². The summed E-state index contributed by atoms with van der Waals surface area (Å²) in [7, 11) is 1.64. The van der Waals surface area contributed by atoms with Crippen LogP contribution in [-0.2, 0) is 23.6 Å². The molecule has 33 heavy (non-hydrogen) atoms. The molecule has 1 aromatic carbocycles. The highest BCUT2D eigenvalue weighted by Gasteiger charge is 2.50. The van der Waals surface area contributed by atoms with E-state index < -0.39 is 35.3 Å². The molecule has 12 heteroatoms. The first kappa shape index (κ1) is 22.0.